The molecule has 4 rings (SSSR count). The van der Waals surface area contributed by atoms with Crippen LogP contribution in [0.2, 0.25) is 0 Å². The first kappa shape index (κ1) is 19.2. The van der Waals surface area contributed by atoms with E-state index in [9.17, 15) is 13.2 Å². The van der Waals surface area contributed by atoms with Gasteiger partial charge in [0.1, 0.15) is 0 Å². The van der Waals surface area contributed by atoms with Gasteiger partial charge in [0.2, 0.25) is 10.0 Å². The minimum atomic E-state index is -3.73. The number of hydrogen-bond donors (Lipinski definition) is 3. The molecule has 2 amide bonds. The molecule has 1 atom stereocenters. The van der Waals surface area contributed by atoms with Gasteiger partial charge in [-0.05, 0) is 65.4 Å². The molecule has 1 unspecified atom stereocenters. The first-order valence-corrected chi connectivity index (χ1v) is 10.8. The first-order chi connectivity index (χ1) is 13.8. The van der Waals surface area contributed by atoms with Gasteiger partial charge in [0.25, 0.3) is 0 Å². The topological polar surface area (TPSA) is 101 Å². The Morgan fingerprint density at radius 1 is 0.966 bits per heavy atom. The molecule has 0 fully saturated rings. The Kier molecular flexibility index (Phi) is 4.86. The molecular weight excluding hydrogens is 386 g/mol. The largest absolute Gasteiger partial charge is 0.331 e. The average molecular weight is 407 g/mol. The molecule has 6 nitrogen and oxygen atoms in total. The monoisotopic (exact) mass is 407 g/mol. The molecule has 29 heavy (non-hydrogen) atoms. The standard InChI is InChI=1S/C22H21N3O3S/c1-14(15-6-9-19(10-7-15)29(23,27)28)24-22(26)25-18-8-11-21-17(13-18)12-16-4-2-3-5-20(16)21/h2-11,13-14H,12H2,1H3,(H2,23,27,28)(H2,24,25,26). The quantitative estimate of drug-likeness (QED) is 0.480. The number of benzene rings is 3. The van der Waals surface area contributed by atoms with Crippen LogP contribution in [0.15, 0.2) is 71.6 Å². The van der Waals surface area contributed by atoms with Crippen LogP contribution < -0.4 is 15.8 Å². The van der Waals surface area contributed by atoms with E-state index in [2.05, 4.69) is 22.8 Å². The van der Waals surface area contributed by atoms with Gasteiger partial charge in [-0.25, -0.2) is 18.4 Å². The summed E-state index contributed by atoms with van der Waals surface area (Å²) in [6.07, 6.45) is 0.857. The first-order valence-electron chi connectivity index (χ1n) is 9.23. The van der Waals surface area contributed by atoms with E-state index in [1.807, 2.05) is 37.3 Å². The smallest absolute Gasteiger partial charge is 0.319 e. The fourth-order valence-corrected chi connectivity index (χ4v) is 4.13. The van der Waals surface area contributed by atoms with E-state index < -0.39 is 10.0 Å². The number of anilines is 1. The molecule has 0 aliphatic heterocycles. The van der Waals surface area contributed by atoms with Crippen LogP contribution in [0.25, 0.3) is 11.1 Å². The van der Waals surface area contributed by atoms with Gasteiger partial charge in [-0.3, -0.25) is 0 Å². The highest BCUT2D eigenvalue weighted by Crippen LogP contribution is 2.37. The van der Waals surface area contributed by atoms with Crippen molar-refractivity contribution in [3.8, 4) is 11.1 Å². The SMILES string of the molecule is CC(NC(=O)Nc1ccc2c(c1)Cc1ccccc1-2)c1ccc(S(N)(=O)=O)cc1. The number of nitrogens with two attached hydrogens (primary N) is 1. The Balaban J connectivity index is 1.42. The Bertz CT molecular complexity index is 1190. The van der Waals surface area contributed by atoms with Crippen molar-refractivity contribution in [2.45, 2.75) is 24.3 Å². The Morgan fingerprint density at radius 3 is 2.38 bits per heavy atom. The lowest BCUT2D eigenvalue weighted by molar-refractivity contribution is 0.249. The van der Waals surface area contributed by atoms with E-state index in [0.29, 0.717) is 0 Å². The molecule has 0 radical (unpaired) electrons. The summed E-state index contributed by atoms with van der Waals surface area (Å²) in [5.41, 5.74) is 6.43. The van der Waals surface area contributed by atoms with E-state index in [4.69, 9.17) is 5.14 Å². The van der Waals surface area contributed by atoms with Crippen LogP contribution in [0, 0.1) is 0 Å². The summed E-state index contributed by atoms with van der Waals surface area (Å²) in [6, 6.07) is 19.7. The summed E-state index contributed by atoms with van der Waals surface area (Å²) in [5.74, 6) is 0. The van der Waals surface area contributed by atoms with Gasteiger partial charge in [-0.15, -0.1) is 0 Å². The van der Waals surface area contributed by atoms with Gasteiger partial charge in [0, 0.05) is 5.69 Å². The van der Waals surface area contributed by atoms with Crippen molar-refractivity contribution in [1.29, 1.82) is 0 Å². The molecule has 0 saturated heterocycles. The number of hydrogen-bond acceptors (Lipinski definition) is 3. The minimum Gasteiger partial charge on any atom is -0.331 e. The molecule has 3 aromatic rings. The second kappa shape index (κ2) is 7.35. The molecule has 0 heterocycles. The van der Waals surface area contributed by atoms with Crippen molar-refractivity contribution < 1.29 is 13.2 Å². The lowest BCUT2D eigenvalue weighted by Gasteiger charge is -2.16. The van der Waals surface area contributed by atoms with Gasteiger partial charge in [-0.1, -0.05) is 42.5 Å². The minimum absolute atomic E-state index is 0.0389. The van der Waals surface area contributed by atoms with Crippen molar-refractivity contribution in [1.82, 2.24) is 5.32 Å². The van der Waals surface area contributed by atoms with Gasteiger partial charge >= 0.3 is 6.03 Å². The van der Waals surface area contributed by atoms with Gasteiger partial charge in [-0.2, -0.15) is 0 Å². The molecule has 1 aliphatic carbocycles. The molecule has 0 bridgehead atoms. The lowest BCUT2D eigenvalue weighted by Crippen LogP contribution is -2.31. The summed E-state index contributed by atoms with van der Waals surface area (Å²) >= 11 is 0. The van der Waals surface area contributed by atoms with E-state index in [0.717, 1.165) is 17.7 Å². The highest BCUT2D eigenvalue weighted by molar-refractivity contribution is 7.89. The zero-order valence-electron chi connectivity index (χ0n) is 15.8. The number of carbonyl (C=O) groups excluding carboxylic acids is 1. The average Bonchev–Trinajstić information content (AvgIpc) is 3.05. The van der Waals surface area contributed by atoms with Gasteiger partial charge in [0.15, 0.2) is 0 Å². The molecule has 4 N–H and O–H groups in total. The van der Waals surface area contributed by atoms with Crippen LogP contribution in [0.1, 0.15) is 29.7 Å². The number of rotatable bonds is 4. The maximum atomic E-state index is 12.4. The number of nitrogens with one attached hydrogen (secondary N) is 2. The molecule has 7 heteroatoms. The summed E-state index contributed by atoms with van der Waals surface area (Å²) in [5, 5.41) is 10.8. The highest BCUT2D eigenvalue weighted by Gasteiger charge is 2.18. The molecule has 0 aromatic heterocycles. The van der Waals surface area contributed by atoms with Crippen LogP contribution in [0.5, 0.6) is 0 Å². The summed E-state index contributed by atoms with van der Waals surface area (Å²) in [7, 11) is -3.73. The third-order valence-corrected chi connectivity index (χ3v) is 6.04. The number of fused-ring (bicyclic) bond motifs is 3. The number of carbonyl (C=O) groups is 1. The van der Waals surface area contributed by atoms with Crippen LogP contribution in [-0.4, -0.2) is 14.4 Å². The van der Waals surface area contributed by atoms with E-state index in [1.54, 1.807) is 12.1 Å². The molecule has 0 saturated carbocycles. The predicted molar refractivity (Wildman–Crippen MR) is 113 cm³/mol. The Labute approximate surface area is 169 Å². The van der Waals surface area contributed by atoms with Crippen molar-refractivity contribution in [2.75, 3.05) is 5.32 Å². The lowest BCUT2D eigenvalue weighted by atomic mass is 10.1. The summed E-state index contributed by atoms with van der Waals surface area (Å²) in [6.45, 7) is 1.82. The number of sulfonamides is 1. The van der Waals surface area contributed by atoms with Crippen LogP contribution >= 0.6 is 0 Å². The number of amides is 2. The Morgan fingerprint density at radius 2 is 1.66 bits per heavy atom. The van der Waals surface area contributed by atoms with E-state index in [1.165, 1.54) is 34.4 Å². The molecule has 3 aromatic carbocycles. The second-order valence-corrected chi connectivity index (χ2v) is 8.70. The molecule has 148 valence electrons. The van der Waals surface area contributed by atoms with Gasteiger partial charge in [0.05, 0.1) is 10.9 Å². The van der Waals surface area contributed by atoms with E-state index >= 15 is 0 Å². The van der Waals surface area contributed by atoms with Crippen LogP contribution in [0.3, 0.4) is 0 Å². The van der Waals surface area contributed by atoms with Crippen LogP contribution in [-0.2, 0) is 16.4 Å². The van der Waals surface area contributed by atoms with Crippen LogP contribution in [0.4, 0.5) is 10.5 Å². The predicted octanol–water partition coefficient (Wildman–Crippen LogP) is 3.79. The number of urea groups is 1. The highest BCUT2D eigenvalue weighted by atomic mass is 32.2. The fraction of sp³-hybridized carbons (Fsp3) is 0.136. The van der Waals surface area contributed by atoms with E-state index in [-0.39, 0.29) is 17.0 Å². The second-order valence-electron chi connectivity index (χ2n) is 7.14. The van der Waals surface area contributed by atoms with Crippen molar-refractivity contribution in [3.05, 3.63) is 83.4 Å². The Hall–Kier alpha value is -3.16. The maximum Gasteiger partial charge on any atom is 0.319 e. The summed E-state index contributed by atoms with van der Waals surface area (Å²) < 4.78 is 22.7. The molecule has 0 spiro atoms. The molecule has 1 aliphatic rings. The normalized spacial score (nSPS) is 13.3. The van der Waals surface area contributed by atoms with Crippen molar-refractivity contribution >= 4 is 21.7 Å². The third-order valence-electron chi connectivity index (χ3n) is 5.11. The third kappa shape index (κ3) is 4.01. The van der Waals surface area contributed by atoms with Crippen molar-refractivity contribution in [3.63, 3.8) is 0 Å². The fourth-order valence-electron chi connectivity index (χ4n) is 3.62. The van der Waals surface area contributed by atoms with Crippen molar-refractivity contribution in [2.24, 2.45) is 5.14 Å². The number of primary sulfonamides is 1. The zero-order chi connectivity index (χ0) is 20.6. The molecular formula is C22H21N3O3S. The zero-order valence-corrected chi connectivity index (χ0v) is 16.7. The summed E-state index contributed by atoms with van der Waals surface area (Å²) in [4.78, 5) is 12.4. The maximum absolute atomic E-state index is 12.4. The van der Waals surface area contributed by atoms with Gasteiger partial charge < -0.3 is 10.6 Å².